The molecular formula is C12H16N2S. The van der Waals surface area contributed by atoms with Crippen LogP contribution in [0.3, 0.4) is 0 Å². The van der Waals surface area contributed by atoms with Crippen molar-refractivity contribution < 1.29 is 0 Å². The van der Waals surface area contributed by atoms with Gasteiger partial charge in [0.1, 0.15) is 0 Å². The minimum atomic E-state index is 0.424. The summed E-state index contributed by atoms with van der Waals surface area (Å²) in [5.41, 5.74) is 1.46. The van der Waals surface area contributed by atoms with E-state index in [-0.39, 0.29) is 0 Å². The molecule has 15 heavy (non-hydrogen) atoms. The maximum atomic E-state index is 8.15. The molecule has 80 valence electrons. The Balaban J connectivity index is 1.86. The first-order valence-electron chi connectivity index (χ1n) is 5.68. The summed E-state index contributed by atoms with van der Waals surface area (Å²) in [7, 11) is 0. The number of nitrogens with one attached hydrogen (secondary N) is 1. The van der Waals surface area contributed by atoms with Crippen molar-refractivity contribution in [2.75, 3.05) is 6.54 Å². The lowest BCUT2D eigenvalue weighted by atomic mass is 10.0. The lowest BCUT2D eigenvalue weighted by molar-refractivity contribution is 0.311. The summed E-state index contributed by atoms with van der Waals surface area (Å²) in [5.74, 6) is 1.46. The van der Waals surface area contributed by atoms with Crippen LogP contribution < -0.4 is 0 Å². The van der Waals surface area contributed by atoms with E-state index in [1.807, 2.05) is 11.3 Å². The van der Waals surface area contributed by atoms with Crippen LogP contribution in [0.4, 0.5) is 0 Å². The molecule has 2 aliphatic rings. The van der Waals surface area contributed by atoms with Crippen LogP contribution >= 0.6 is 11.3 Å². The molecule has 0 saturated heterocycles. The highest BCUT2D eigenvalue weighted by molar-refractivity contribution is 7.10. The van der Waals surface area contributed by atoms with Gasteiger partial charge in [-0.1, -0.05) is 0 Å². The maximum absolute atomic E-state index is 8.15. The number of hydrogen-bond donors (Lipinski definition) is 1. The van der Waals surface area contributed by atoms with Gasteiger partial charge in [0.2, 0.25) is 0 Å². The van der Waals surface area contributed by atoms with Crippen LogP contribution in [0.1, 0.15) is 36.2 Å². The largest absolute Gasteiger partial charge is 0.353 e. The third-order valence-electron chi connectivity index (χ3n) is 3.55. The summed E-state index contributed by atoms with van der Waals surface area (Å²) in [5, 5.41) is 10.3. The molecule has 1 atom stereocenters. The van der Waals surface area contributed by atoms with Crippen LogP contribution in [0.25, 0.3) is 0 Å². The van der Waals surface area contributed by atoms with Crippen LogP contribution in [0.5, 0.6) is 0 Å². The van der Waals surface area contributed by atoms with Gasteiger partial charge in [0.25, 0.3) is 0 Å². The van der Waals surface area contributed by atoms with Crippen molar-refractivity contribution in [2.24, 2.45) is 5.92 Å². The van der Waals surface area contributed by atoms with Gasteiger partial charge in [0.05, 0.1) is 11.9 Å². The summed E-state index contributed by atoms with van der Waals surface area (Å²) < 4.78 is 0. The first kappa shape index (κ1) is 9.40. The van der Waals surface area contributed by atoms with Crippen molar-refractivity contribution in [1.82, 2.24) is 4.90 Å². The average molecular weight is 220 g/mol. The first-order chi connectivity index (χ1) is 7.27. The van der Waals surface area contributed by atoms with Crippen molar-refractivity contribution in [3.8, 4) is 0 Å². The molecule has 1 aliphatic heterocycles. The highest BCUT2D eigenvalue weighted by Gasteiger charge is 2.34. The Bertz CT molecular complexity index is 392. The molecule has 2 heterocycles. The van der Waals surface area contributed by atoms with E-state index in [0.29, 0.717) is 12.0 Å². The van der Waals surface area contributed by atoms with Gasteiger partial charge < -0.3 is 4.90 Å². The van der Waals surface area contributed by atoms with Crippen LogP contribution in [0.15, 0.2) is 11.4 Å². The van der Waals surface area contributed by atoms with Gasteiger partial charge in [-0.3, -0.25) is 5.41 Å². The quantitative estimate of drug-likeness (QED) is 0.571. The second-order valence-corrected chi connectivity index (χ2v) is 5.58. The molecular weight excluding hydrogens is 204 g/mol. The molecule has 0 bridgehead atoms. The lowest BCUT2D eigenvalue weighted by Crippen LogP contribution is -2.38. The number of hydrogen-bond acceptors (Lipinski definition) is 2. The van der Waals surface area contributed by atoms with E-state index in [9.17, 15) is 0 Å². The summed E-state index contributed by atoms with van der Waals surface area (Å²) in [6, 6.07) is 2.66. The van der Waals surface area contributed by atoms with Crippen molar-refractivity contribution >= 4 is 17.2 Å². The van der Waals surface area contributed by atoms with Crippen molar-refractivity contribution in [3.05, 3.63) is 21.9 Å². The minimum absolute atomic E-state index is 0.424. The Labute approximate surface area is 94.4 Å². The minimum Gasteiger partial charge on any atom is -0.353 e. The summed E-state index contributed by atoms with van der Waals surface area (Å²) in [6.45, 7) is 3.28. The van der Waals surface area contributed by atoms with Crippen LogP contribution in [0.2, 0.25) is 0 Å². The predicted molar refractivity (Wildman–Crippen MR) is 63.6 cm³/mol. The van der Waals surface area contributed by atoms with E-state index in [4.69, 9.17) is 5.41 Å². The normalized spacial score (nSPS) is 25.1. The van der Waals surface area contributed by atoms with E-state index in [1.54, 1.807) is 0 Å². The number of thiophene rings is 1. The summed E-state index contributed by atoms with van der Waals surface area (Å²) >= 11 is 1.87. The lowest BCUT2D eigenvalue weighted by Gasteiger charge is -2.35. The number of fused-ring (bicyclic) bond motifs is 1. The molecule has 2 nitrogen and oxygen atoms in total. The SMILES string of the molecule is CC1c2ccsc2CCN1C(=N)C1CC1. The fraction of sp³-hybridized carbons (Fsp3) is 0.583. The highest BCUT2D eigenvalue weighted by Crippen LogP contribution is 2.38. The Morgan fingerprint density at radius 1 is 1.53 bits per heavy atom. The van der Waals surface area contributed by atoms with Crippen LogP contribution in [0, 0.1) is 11.3 Å². The molecule has 1 saturated carbocycles. The molecule has 1 fully saturated rings. The smallest absolute Gasteiger partial charge is 0.0994 e. The van der Waals surface area contributed by atoms with Gasteiger partial charge in [-0.05, 0) is 43.2 Å². The van der Waals surface area contributed by atoms with Gasteiger partial charge in [-0.15, -0.1) is 11.3 Å². The monoisotopic (exact) mass is 220 g/mol. The predicted octanol–water partition coefficient (Wildman–Crippen LogP) is 3.05. The summed E-state index contributed by atoms with van der Waals surface area (Å²) in [6.07, 6.45) is 3.60. The molecule has 1 aromatic rings. The maximum Gasteiger partial charge on any atom is 0.0994 e. The fourth-order valence-electron chi connectivity index (χ4n) is 2.43. The van der Waals surface area contributed by atoms with Gasteiger partial charge in [0, 0.05) is 17.3 Å². The zero-order chi connectivity index (χ0) is 10.4. The van der Waals surface area contributed by atoms with Crippen LogP contribution in [-0.2, 0) is 6.42 Å². The molecule has 1 aromatic heterocycles. The molecule has 3 heteroatoms. The van der Waals surface area contributed by atoms with Crippen LogP contribution in [-0.4, -0.2) is 17.3 Å². The molecule has 0 amide bonds. The molecule has 1 unspecified atom stereocenters. The van der Waals surface area contributed by atoms with Gasteiger partial charge in [0.15, 0.2) is 0 Å². The van der Waals surface area contributed by atoms with Crippen molar-refractivity contribution in [2.45, 2.75) is 32.2 Å². The molecule has 1 aliphatic carbocycles. The number of rotatable bonds is 1. The topological polar surface area (TPSA) is 27.1 Å². The zero-order valence-corrected chi connectivity index (χ0v) is 9.81. The average Bonchev–Trinajstić information content (AvgIpc) is 2.97. The molecule has 1 N–H and O–H groups in total. The third kappa shape index (κ3) is 1.49. The Hall–Kier alpha value is -0.830. The Morgan fingerprint density at radius 3 is 3.07 bits per heavy atom. The molecule has 3 rings (SSSR count). The number of nitrogens with zero attached hydrogens (tertiary/aromatic N) is 1. The van der Waals surface area contributed by atoms with Gasteiger partial charge >= 0.3 is 0 Å². The third-order valence-corrected chi connectivity index (χ3v) is 4.55. The van der Waals surface area contributed by atoms with E-state index < -0.39 is 0 Å². The van der Waals surface area contributed by atoms with E-state index in [1.165, 1.54) is 23.3 Å². The second-order valence-electron chi connectivity index (χ2n) is 4.58. The molecule has 0 aromatic carbocycles. The van der Waals surface area contributed by atoms with Gasteiger partial charge in [-0.2, -0.15) is 0 Å². The molecule has 0 spiro atoms. The van der Waals surface area contributed by atoms with E-state index in [2.05, 4.69) is 23.3 Å². The van der Waals surface area contributed by atoms with E-state index >= 15 is 0 Å². The fourth-order valence-corrected chi connectivity index (χ4v) is 3.39. The standard InChI is InChI=1S/C12H16N2S/c1-8-10-5-7-15-11(10)4-6-14(8)12(13)9-2-3-9/h5,7-9,13H,2-4,6H2,1H3. The van der Waals surface area contributed by atoms with Crippen molar-refractivity contribution in [3.63, 3.8) is 0 Å². The zero-order valence-electron chi connectivity index (χ0n) is 8.99. The van der Waals surface area contributed by atoms with Crippen molar-refractivity contribution in [1.29, 1.82) is 5.41 Å². The first-order valence-corrected chi connectivity index (χ1v) is 6.56. The van der Waals surface area contributed by atoms with Gasteiger partial charge in [-0.25, -0.2) is 0 Å². The number of amidine groups is 1. The Morgan fingerprint density at radius 2 is 2.33 bits per heavy atom. The second kappa shape index (κ2) is 3.34. The highest BCUT2D eigenvalue weighted by atomic mass is 32.1. The van der Waals surface area contributed by atoms with E-state index in [0.717, 1.165) is 18.8 Å². The summed E-state index contributed by atoms with van der Waals surface area (Å²) in [4.78, 5) is 3.83. The molecule has 0 radical (unpaired) electrons. The Kier molecular flexibility index (Phi) is 2.09.